The molecule has 0 amide bonds. The average molecular weight is 297 g/mol. The van der Waals surface area contributed by atoms with E-state index in [0.29, 0.717) is 17.5 Å². The van der Waals surface area contributed by atoms with E-state index in [1.54, 1.807) is 36.4 Å². The monoisotopic (exact) mass is 297 g/mol. The molecule has 0 aromatic heterocycles. The lowest BCUT2D eigenvalue weighted by Gasteiger charge is -2.15. The topological polar surface area (TPSA) is 60.2 Å². The van der Waals surface area contributed by atoms with Crippen molar-refractivity contribution in [3.8, 4) is 0 Å². The van der Waals surface area contributed by atoms with E-state index >= 15 is 0 Å². The van der Waals surface area contributed by atoms with Crippen LogP contribution in [-0.4, -0.2) is 17.6 Å². The molecule has 1 atom stereocenters. The maximum absolute atomic E-state index is 13.2. The molecule has 2 aromatic carbocycles. The molecule has 4 heteroatoms. The third-order valence-corrected chi connectivity index (χ3v) is 4.02. The van der Waals surface area contributed by atoms with Crippen molar-refractivity contribution in [1.29, 1.82) is 0 Å². The molecule has 0 bridgehead atoms. The summed E-state index contributed by atoms with van der Waals surface area (Å²) < 4.78 is 13.2. The molecule has 2 aromatic rings. The Morgan fingerprint density at radius 3 is 2.23 bits per heavy atom. The molecule has 0 unspecified atom stereocenters. The minimum absolute atomic E-state index is 0.157. The Bertz CT molecular complexity index is 706. The number of carbonyl (C=O) groups is 2. The maximum atomic E-state index is 13.2. The van der Waals surface area contributed by atoms with Crippen molar-refractivity contribution in [2.24, 2.45) is 11.7 Å². The number of Topliss-reactive ketones (excluding diaryl/α,β-unsaturated/α-hetero) is 2. The summed E-state index contributed by atoms with van der Waals surface area (Å²) in [5.74, 6) is -1.34. The smallest absolute Gasteiger partial charge is 0.174 e. The zero-order valence-corrected chi connectivity index (χ0v) is 12.0. The molecule has 1 aliphatic carbocycles. The summed E-state index contributed by atoms with van der Waals surface area (Å²) in [6.45, 7) is 0. The van der Waals surface area contributed by atoms with Gasteiger partial charge < -0.3 is 5.73 Å². The van der Waals surface area contributed by atoms with E-state index < -0.39 is 5.92 Å². The molecule has 0 saturated carbocycles. The molecule has 0 fully saturated rings. The van der Waals surface area contributed by atoms with Crippen molar-refractivity contribution in [2.45, 2.75) is 18.9 Å². The van der Waals surface area contributed by atoms with Gasteiger partial charge in [0.1, 0.15) is 5.82 Å². The van der Waals surface area contributed by atoms with Gasteiger partial charge in [0.2, 0.25) is 0 Å². The number of halogens is 1. The highest BCUT2D eigenvalue weighted by Crippen LogP contribution is 2.29. The molecule has 3 rings (SSSR count). The Morgan fingerprint density at radius 1 is 1.00 bits per heavy atom. The van der Waals surface area contributed by atoms with E-state index in [-0.39, 0.29) is 29.8 Å². The summed E-state index contributed by atoms with van der Waals surface area (Å²) in [5, 5.41) is 0. The first-order valence-electron chi connectivity index (χ1n) is 7.23. The van der Waals surface area contributed by atoms with Crippen molar-refractivity contribution < 1.29 is 14.0 Å². The summed E-state index contributed by atoms with van der Waals surface area (Å²) in [4.78, 5) is 24.6. The van der Waals surface area contributed by atoms with E-state index in [2.05, 4.69) is 0 Å². The van der Waals surface area contributed by atoms with Gasteiger partial charge in [-0.3, -0.25) is 9.59 Å². The standard InChI is InChI=1S/C18H16FNO2/c19-12-5-3-4-11(8-12)9-13(20)10-16-17(21)14-6-1-2-7-15(14)18(16)22/h1-8,13,16H,9-10,20H2/t13-/m0/s1. The van der Waals surface area contributed by atoms with Crippen LogP contribution in [0.4, 0.5) is 4.39 Å². The van der Waals surface area contributed by atoms with Crippen LogP contribution in [0.25, 0.3) is 0 Å². The second-order valence-electron chi connectivity index (χ2n) is 5.66. The highest BCUT2D eigenvalue weighted by atomic mass is 19.1. The molecule has 1 aliphatic rings. The zero-order valence-electron chi connectivity index (χ0n) is 12.0. The second-order valence-corrected chi connectivity index (χ2v) is 5.66. The number of hydrogen-bond acceptors (Lipinski definition) is 3. The molecule has 22 heavy (non-hydrogen) atoms. The highest BCUT2D eigenvalue weighted by Gasteiger charge is 2.38. The van der Waals surface area contributed by atoms with Crippen LogP contribution in [0.2, 0.25) is 0 Å². The minimum atomic E-state index is -0.707. The second kappa shape index (κ2) is 5.81. The molecule has 0 heterocycles. The van der Waals surface area contributed by atoms with Gasteiger partial charge in [-0.1, -0.05) is 36.4 Å². The summed E-state index contributed by atoms with van der Waals surface area (Å²) in [6.07, 6.45) is 0.716. The third kappa shape index (κ3) is 2.70. The van der Waals surface area contributed by atoms with Gasteiger partial charge in [0, 0.05) is 17.2 Å². The number of benzene rings is 2. The largest absolute Gasteiger partial charge is 0.327 e. The minimum Gasteiger partial charge on any atom is -0.327 e. The Hall–Kier alpha value is -2.33. The molecular formula is C18H16FNO2. The lowest BCUT2D eigenvalue weighted by Crippen LogP contribution is -2.30. The third-order valence-electron chi connectivity index (χ3n) is 4.02. The fourth-order valence-electron chi connectivity index (χ4n) is 2.97. The van der Waals surface area contributed by atoms with Gasteiger partial charge in [0.25, 0.3) is 0 Å². The number of hydrogen-bond donors (Lipinski definition) is 1. The molecule has 0 radical (unpaired) electrons. The molecule has 112 valence electrons. The van der Waals surface area contributed by atoms with Crippen LogP contribution in [0.3, 0.4) is 0 Å². The fourth-order valence-corrected chi connectivity index (χ4v) is 2.97. The summed E-state index contributed by atoms with van der Waals surface area (Å²) in [7, 11) is 0. The number of rotatable bonds is 4. The summed E-state index contributed by atoms with van der Waals surface area (Å²) in [5.41, 5.74) is 7.80. The van der Waals surface area contributed by atoms with E-state index in [1.165, 1.54) is 12.1 Å². The lowest BCUT2D eigenvalue weighted by atomic mass is 9.92. The normalized spacial score (nSPS) is 15.9. The van der Waals surface area contributed by atoms with Crippen molar-refractivity contribution in [1.82, 2.24) is 0 Å². The Morgan fingerprint density at radius 2 is 1.64 bits per heavy atom. The number of carbonyl (C=O) groups excluding carboxylic acids is 2. The van der Waals surface area contributed by atoms with Crippen LogP contribution >= 0.6 is 0 Å². The molecule has 2 N–H and O–H groups in total. The molecule has 0 saturated heterocycles. The van der Waals surface area contributed by atoms with E-state index in [9.17, 15) is 14.0 Å². The number of ketones is 2. The average Bonchev–Trinajstić information content (AvgIpc) is 2.73. The van der Waals surface area contributed by atoms with Crippen LogP contribution in [0.5, 0.6) is 0 Å². The maximum Gasteiger partial charge on any atom is 0.174 e. The quantitative estimate of drug-likeness (QED) is 0.883. The van der Waals surface area contributed by atoms with Crippen LogP contribution < -0.4 is 5.73 Å². The van der Waals surface area contributed by atoms with Crippen molar-refractivity contribution >= 4 is 11.6 Å². The predicted octanol–water partition coefficient (Wildman–Crippen LogP) is 2.78. The van der Waals surface area contributed by atoms with Crippen LogP contribution in [0.1, 0.15) is 32.7 Å². The zero-order chi connectivity index (χ0) is 15.7. The van der Waals surface area contributed by atoms with Crippen LogP contribution in [0, 0.1) is 11.7 Å². The SMILES string of the molecule is N[C@@H](Cc1cccc(F)c1)CC1C(=O)c2ccccc2C1=O. The van der Waals surface area contributed by atoms with Gasteiger partial charge in [-0.05, 0) is 30.5 Å². The van der Waals surface area contributed by atoms with Crippen LogP contribution in [-0.2, 0) is 6.42 Å². The first kappa shape index (κ1) is 14.6. The van der Waals surface area contributed by atoms with Crippen molar-refractivity contribution in [2.75, 3.05) is 0 Å². The van der Waals surface area contributed by atoms with Gasteiger partial charge >= 0.3 is 0 Å². The number of fused-ring (bicyclic) bond motifs is 1. The summed E-state index contributed by atoms with van der Waals surface area (Å²) >= 11 is 0. The number of nitrogens with two attached hydrogens (primary N) is 1. The predicted molar refractivity (Wildman–Crippen MR) is 81.3 cm³/mol. The lowest BCUT2D eigenvalue weighted by molar-refractivity contribution is 0.0824. The van der Waals surface area contributed by atoms with Crippen molar-refractivity contribution in [3.63, 3.8) is 0 Å². The van der Waals surface area contributed by atoms with Crippen molar-refractivity contribution in [3.05, 3.63) is 71.0 Å². The van der Waals surface area contributed by atoms with E-state index in [0.717, 1.165) is 5.56 Å². The highest BCUT2D eigenvalue weighted by molar-refractivity contribution is 6.26. The molecule has 3 nitrogen and oxygen atoms in total. The summed E-state index contributed by atoms with van der Waals surface area (Å²) in [6, 6.07) is 12.7. The molecule has 0 aliphatic heterocycles. The Balaban J connectivity index is 1.72. The Kier molecular flexibility index (Phi) is 3.86. The Labute approximate surface area is 128 Å². The molecule has 0 spiro atoms. The first-order chi connectivity index (χ1) is 10.6. The van der Waals surface area contributed by atoms with E-state index in [1.807, 2.05) is 0 Å². The van der Waals surface area contributed by atoms with Gasteiger partial charge in [-0.15, -0.1) is 0 Å². The van der Waals surface area contributed by atoms with Gasteiger partial charge in [-0.2, -0.15) is 0 Å². The van der Waals surface area contributed by atoms with Gasteiger partial charge in [0.15, 0.2) is 11.6 Å². The fraction of sp³-hybridized carbons (Fsp3) is 0.222. The van der Waals surface area contributed by atoms with Crippen LogP contribution in [0.15, 0.2) is 48.5 Å². The molecular weight excluding hydrogens is 281 g/mol. The van der Waals surface area contributed by atoms with Gasteiger partial charge in [0.05, 0.1) is 5.92 Å². The first-order valence-corrected chi connectivity index (χ1v) is 7.23. The van der Waals surface area contributed by atoms with E-state index in [4.69, 9.17) is 5.73 Å². The van der Waals surface area contributed by atoms with Gasteiger partial charge in [-0.25, -0.2) is 4.39 Å².